The van der Waals surface area contributed by atoms with Crippen LogP contribution in [-0.2, 0) is 4.79 Å². The number of hydrogen-bond acceptors (Lipinski definition) is 3. The van der Waals surface area contributed by atoms with Crippen molar-refractivity contribution in [3.63, 3.8) is 0 Å². The minimum Gasteiger partial charge on any atom is -0.497 e. The van der Waals surface area contributed by atoms with Crippen LogP contribution >= 0.6 is 0 Å². The Kier molecular flexibility index (Phi) is 3.19. The molecular formula is C10H12FNO2. The van der Waals surface area contributed by atoms with E-state index in [0.29, 0.717) is 11.3 Å². The van der Waals surface area contributed by atoms with Gasteiger partial charge in [0.05, 0.1) is 13.2 Å². The summed E-state index contributed by atoms with van der Waals surface area (Å²) in [6, 6.07) is 3.22. The van der Waals surface area contributed by atoms with E-state index in [1.807, 2.05) is 0 Å². The fourth-order valence-electron chi connectivity index (χ4n) is 1.12. The van der Waals surface area contributed by atoms with Crippen molar-refractivity contribution in [1.29, 1.82) is 0 Å². The van der Waals surface area contributed by atoms with Gasteiger partial charge in [-0.1, -0.05) is 0 Å². The number of ketones is 1. The van der Waals surface area contributed by atoms with Gasteiger partial charge in [0.15, 0.2) is 5.78 Å². The molecule has 3 nitrogen and oxygen atoms in total. The molecule has 0 aliphatic heterocycles. The third-order valence-corrected chi connectivity index (χ3v) is 1.93. The van der Waals surface area contributed by atoms with Gasteiger partial charge in [0.1, 0.15) is 11.6 Å². The van der Waals surface area contributed by atoms with Gasteiger partial charge in [-0.15, -0.1) is 0 Å². The Bertz CT molecular complexity index is 352. The van der Waals surface area contributed by atoms with E-state index < -0.39 is 11.9 Å². The maximum absolute atomic E-state index is 13.0. The fourth-order valence-corrected chi connectivity index (χ4v) is 1.12. The molecule has 1 rings (SSSR count). The number of halogens is 1. The molecule has 4 heteroatoms. The molecule has 2 N–H and O–H groups in total. The van der Waals surface area contributed by atoms with Crippen molar-refractivity contribution < 1.29 is 13.9 Å². The molecular weight excluding hydrogens is 185 g/mol. The first-order valence-electron chi connectivity index (χ1n) is 4.15. The van der Waals surface area contributed by atoms with Gasteiger partial charge >= 0.3 is 0 Å². The van der Waals surface area contributed by atoms with E-state index in [1.165, 1.54) is 26.2 Å². The summed E-state index contributed by atoms with van der Waals surface area (Å²) in [5, 5.41) is 0. The van der Waals surface area contributed by atoms with Gasteiger partial charge < -0.3 is 10.5 Å². The predicted octanol–water partition coefficient (Wildman–Crippen LogP) is 1.42. The fraction of sp³-hybridized carbons (Fsp3) is 0.300. The van der Waals surface area contributed by atoms with Crippen molar-refractivity contribution >= 4 is 5.78 Å². The van der Waals surface area contributed by atoms with Crippen LogP contribution in [0.4, 0.5) is 4.39 Å². The van der Waals surface area contributed by atoms with Crippen molar-refractivity contribution in [3.05, 3.63) is 29.6 Å². The van der Waals surface area contributed by atoms with Gasteiger partial charge in [0.2, 0.25) is 0 Å². The molecule has 0 aliphatic rings. The number of carbonyl (C=O) groups excluding carboxylic acids is 1. The molecule has 0 spiro atoms. The molecule has 0 bridgehead atoms. The summed E-state index contributed by atoms with van der Waals surface area (Å²) in [5.74, 6) is -0.314. The normalized spacial score (nSPS) is 12.3. The van der Waals surface area contributed by atoms with Crippen LogP contribution in [-0.4, -0.2) is 12.9 Å². The van der Waals surface area contributed by atoms with Crippen LogP contribution in [0.25, 0.3) is 0 Å². The van der Waals surface area contributed by atoms with Crippen LogP contribution in [0.1, 0.15) is 18.5 Å². The summed E-state index contributed by atoms with van der Waals surface area (Å²) < 4.78 is 17.9. The number of carbonyl (C=O) groups is 1. The maximum Gasteiger partial charge on any atom is 0.150 e. The van der Waals surface area contributed by atoms with Crippen LogP contribution in [0.2, 0.25) is 0 Å². The lowest BCUT2D eigenvalue weighted by atomic mass is 10.0. The maximum atomic E-state index is 13.0. The van der Waals surface area contributed by atoms with Crippen molar-refractivity contribution in [3.8, 4) is 5.75 Å². The minimum atomic E-state index is -0.792. The molecule has 0 amide bonds. The van der Waals surface area contributed by atoms with E-state index in [-0.39, 0.29) is 5.78 Å². The summed E-state index contributed by atoms with van der Waals surface area (Å²) in [4.78, 5) is 11.0. The summed E-state index contributed by atoms with van der Waals surface area (Å²) in [6.07, 6.45) is 0. The highest BCUT2D eigenvalue weighted by atomic mass is 19.1. The molecule has 0 saturated carbocycles. The molecule has 0 aromatic heterocycles. The largest absolute Gasteiger partial charge is 0.497 e. The van der Waals surface area contributed by atoms with Crippen molar-refractivity contribution in [2.45, 2.75) is 13.0 Å². The van der Waals surface area contributed by atoms with Gasteiger partial charge in [-0.3, -0.25) is 4.79 Å². The number of ether oxygens (including phenoxy) is 1. The monoisotopic (exact) mass is 197 g/mol. The van der Waals surface area contributed by atoms with Crippen molar-refractivity contribution in [2.75, 3.05) is 7.11 Å². The number of nitrogens with two attached hydrogens (primary N) is 1. The summed E-state index contributed by atoms with van der Waals surface area (Å²) in [5.41, 5.74) is 5.98. The Morgan fingerprint density at radius 2 is 2.14 bits per heavy atom. The van der Waals surface area contributed by atoms with E-state index in [4.69, 9.17) is 10.5 Å². The van der Waals surface area contributed by atoms with Gasteiger partial charge in [-0.05, 0) is 24.6 Å². The minimum absolute atomic E-state index is 0.211. The molecule has 14 heavy (non-hydrogen) atoms. The van der Waals surface area contributed by atoms with Crippen LogP contribution < -0.4 is 10.5 Å². The average molecular weight is 197 g/mol. The zero-order valence-electron chi connectivity index (χ0n) is 8.08. The number of methoxy groups -OCH3 is 1. The van der Waals surface area contributed by atoms with Crippen LogP contribution in [0.15, 0.2) is 18.2 Å². The molecule has 0 radical (unpaired) electrons. The van der Waals surface area contributed by atoms with E-state index in [9.17, 15) is 9.18 Å². The Morgan fingerprint density at radius 1 is 1.50 bits per heavy atom. The first-order chi connectivity index (χ1) is 6.54. The molecule has 0 aliphatic carbocycles. The molecule has 1 atom stereocenters. The second kappa shape index (κ2) is 4.19. The number of benzene rings is 1. The zero-order valence-corrected chi connectivity index (χ0v) is 8.08. The van der Waals surface area contributed by atoms with E-state index in [1.54, 1.807) is 6.07 Å². The Labute approximate surface area is 81.7 Å². The molecule has 0 heterocycles. The third-order valence-electron chi connectivity index (χ3n) is 1.93. The predicted molar refractivity (Wildman–Crippen MR) is 50.6 cm³/mol. The lowest BCUT2D eigenvalue weighted by molar-refractivity contribution is -0.118. The molecule has 1 unspecified atom stereocenters. The van der Waals surface area contributed by atoms with Gasteiger partial charge in [0.25, 0.3) is 0 Å². The lowest BCUT2D eigenvalue weighted by Crippen LogP contribution is -2.18. The quantitative estimate of drug-likeness (QED) is 0.797. The van der Waals surface area contributed by atoms with Gasteiger partial charge in [-0.25, -0.2) is 4.39 Å². The number of hydrogen-bond donors (Lipinski definition) is 1. The van der Waals surface area contributed by atoms with Crippen LogP contribution in [0, 0.1) is 5.82 Å². The van der Waals surface area contributed by atoms with Gasteiger partial charge in [-0.2, -0.15) is 0 Å². The van der Waals surface area contributed by atoms with Crippen molar-refractivity contribution in [2.24, 2.45) is 5.73 Å². The molecule has 0 saturated heterocycles. The second-order valence-corrected chi connectivity index (χ2v) is 3.01. The summed E-state index contributed by atoms with van der Waals surface area (Å²) in [7, 11) is 1.43. The van der Waals surface area contributed by atoms with Crippen LogP contribution in [0.3, 0.4) is 0 Å². The first-order valence-corrected chi connectivity index (χ1v) is 4.15. The highest BCUT2D eigenvalue weighted by molar-refractivity contribution is 5.82. The molecule has 1 aromatic carbocycles. The lowest BCUT2D eigenvalue weighted by Gasteiger charge is -2.09. The highest BCUT2D eigenvalue weighted by Gasteiger charge is 2.13. The van der Waals surface area contributed by atoms with Crippen LogP contribution in [0.5, 0.6) is 5.75 Å². The molecule has 76 valence electrons. The Balaban J connectivity index is 3.08. The Morgan fingerprint density at radius 3 is 2.64 bits per heavy atom. The van der Waals surface area contributed by atoms with E-state index in [2.05, 4.69) is 0 Å². The number of rotatable bonds is 3. The van der Waals surface area contributed by atoms with E-state index >= 15 is 0 Å². The van der Waals surface area contributed by atoms with E-state index in [0.717, 1.165) is 0 Å². The smallest absolute Gasteiger partial charge is 0.150 e. The summed E-state index contributed by atoms with van der Waals surface area (Å²) >= 11 is 0. The molecule has 0 fully saturated rings. The van der Waals surface area contributed by atoms with Crippen molar-refractivity contribution in [1.82, 2.24) is 0 Å². The second-order valence-electron chi connectivity index (χ2n) is 3.01. The van der Waals surface area contributed by atoms with Gasteiger partial charge in [0, 0.05) is 6.07 Å². The topological polar surface area (TPSA) is 52.3 Å². The number of Topliss-reactive ketones (excluding diaryl/α,β-unsaturated/α-hetero) is 1. The Hall–Kier alpha value is -1.42. The zero-order chi connectivity index (χ0) is 10.7. The standard InChI is InChI=1S/C10H12FNO2/c1-6(13)10(12)7-3-8(11)5-9(4-7)14-2/h3-5,10H,12H2,1-2H3. The SMILES string of the molecule is COc1cc(F)cc(C(N)C(C)=O)c1. The molecule has 1 aromatic rings. The summed E-state index contributed by atoms with van der Waals surface area (Å²) in [6.45, 7) is 1.36. The third kappa shape index (κ3) is 2.29. The first kappa shape index (κ1) is 10.7. The average Bonchev–Trinajstić information content (AvgIpc) is 2.15. The highest BCUT2D eigenvalue weighted by Crippen LogP contribution is 2.20.